The summed E-state index contributed by atoms with van der Waals surface area (Å²) in [6.45, 7) is 6.14. The fourth-order valence-corrected chi connectivity index (χ4v) is 5.12. The van der Waals surface area contributed by atoms with Crippen molar-refractivity contribution in [1.82, 2.24) is 15.2 Å². The Hall–Kier alpha value is -1.64. The average Bonchev–Trinajstić information content (AvgIpc) is 3.29. The third-order valence-electron chi connectivity index (χ3n) is 3.73. The minimum Gasteiger partial charge on any atom is -0.296 e. The minimum absolute atomic E-state index is 0.167. The number of nitrogens with one attached hydrogen (secondary N) is 1. The number of thiophene rings is 1. The van der Waals surface area contributed by atoms with Crippen molar-refractivity contribution in [3.8, 4) is 9.88 Å². The molecule has 0 aliphatic carbocycles. The Morgan fingerprint density at radius 3 is 2.71 bits per heavy atom. The molecule has 0 aliphatic rings. The lowest BCUT2D eigenvalue weighted by molar-refractivity contribution is 0.102. The summed E-state index contributed by atoms with van der Waals surface area (Å²) in [4.78, 5) is 18.7. The number of carbonyl (C=O) groups excluding carboxylic acids is 1. The first-order chi connectivity index (χ1) is 11.6. The van der Waals surface area contributed by atoms with E-state index in [0.717, 1.165) is 33.4 Å². The van der Waals surface area contributed by atoms with E-state index in [2.05, 4.69) is 34.3 Å². The smallest absolute Gasteiger partial charge is 0.269 e. The van der Waals surface area contributed by atoms with Crippen LogP contribution in [-0.2, 0) is 0 Å². The van der Waals surface area contributed by atoms with Gasteiger partial charge in [-0.25, -0.2) is 4.98 Å². The van der Waals surface area contributed by atoms with Gasteiger partial charge >= 0.3 is 0 Å². The van der Waals surface area contributed by atoms with E-state index < -0.39 is 0 Å². The van der Waals surface area contributed by atoms with Gasteiger partial charge in [-0.1, -0.05) is 31.3 Å². The Morgan fingerprint density at radius 2 is 2.04 bits per heavy atom. The zero-order chi connectivity index (χ0) is 17.1. The number of aromatic nitrogens is 3. The van der Waals surface area contributed by atoms with Gasteiger partial charge in [0.1, 0.15) is 14.9 Å². The van der Waals surface area contributed by atoms with E-state index in [1.807, 2.05) is 24.4 Å². The number of rotatable bonds is 6. The standard InChI is InChI=1S/C16H18N4OS3/c1-4-10(5-2)14-19-20-16(24-14)18-13(21)12-9(3)17-15(23-12)11-7-6-8-22-11/h6-8,10H,4-5H2,1-3H3,(H,18,20,21). The topological polar surface area (TPSA) is 67.8 Å². The quantitative estimate of drug-likeness (QED) is 0.641. The molecular weight excluding hydrogens is 360 g/mol. The molecule has 8 heteroatoms. The van der Waals surface area contributed by atoms with Crippen LogP contribution < -0.4 is 5.32 Å². The highest BCUT2D eigenvalue weighted by Crippen LogP contribution is 2.32. The first-order valence-electron chi connectivity index (χ1n) is 7.78. The largest absolute Gasteiger partial charge is 0.296 e. The maximum atomic E-state index is 12.5. The van der Waals surface area contributed by atoms with Gasteiger partial charge in [0.15, 0.2) is 0 Å². The second-order valence-electron chi connectivity index (χ2n) is 5.32. The highest BCUT2D eigenvalue weighted by molar-refractivity contribution is 7.22. The first kappa shape index (κ1) is 17.2. The predicted octanol–water partition coefficient (Wildman–Crippen LogP) is 5.19. The number of hydrogen-bond donors (Lipinski definition) is 1. The average molecular weight is 379 g/mol. The highest BCUT2D eigenvalue weighted by Gasteiger charge is 2.19. The van der Waals surface area contributed by atoms with Crippen molar-refractivity contribution in [3.05, 3.63) is 33.1 Å². The molecule has 3 aromatic rings. The molecule has 0 fully saturated rings. The number of hydrogen-bond acceptors (Lipinski definition) is 7. The molecule has 0 aromatic carbocycles. The van der Waals surface area contributed by atoms with Crippen LogP contribution in [0.15, 0.2) is 17.5 Å². The Labute approximate surface area is 152 Å². The van der Waals surface area contributed by atoms with E-state index in [9.17, 15) is 4.79 Å². The van der Waals surface area contributed by atoms with Crippen LogP contribution in [0.1, 0.15) is 53.0 Å². The molecule has 0 saturated carbocycles. The van der Waals surface area contributed by atoms with Crippen molar-refractivity contribution in [1.29, 1.82) is 0 Å². The van der Waals surface area contributed by atoms with E-state index in [1.165, 1.54) is 22.7 Å². The third kappa shape index (κ3) is 3.55. The van der Waals surface area contributed by atoms with Crippen molar-refractivity contribution in [2.24, 2.45) is 0 Å². The van der Waals surface area contributed by atoms with Gasteiger partial charge < -0.3 is 0 Å². The molecule has 5 nitrogen and oxygen atoms in total. The number of carbonyl (C=O) groups is 1. The van der Waals surface area contributed by atoms with E-state index in [-0.39, 0.29) is 5.91 Å². The summed E-state index contributed by atoms with van der Waals surface area (Å²) in [6, 6.07) is 3.99. The predicted molar refractivity (Wildman–Crippen MR) is 101 cm³/mol. The van der Waals surface area contributed by atoms with Gasteiger partial charge in [-0.15, -0.1) is 32.9 Å². The molecule has 0 atom stereocenters. The molecule has 3 rings (SSSR count). The van der Waals surface area contributed by atoms with E-state index in [1.54, 1.807) is 11.3 Å². The molecule has 1 N–H and O–H groups in total. The van der Waals surface area contributed by atoms with E-state index in [4.69, 9.17) is 0 Å². The van der Waals surface area contributed by atoms with Crippen LogP contribution in [0.3, 0.4) is 0 Å². The van der Waals surface area contributed by atoms with Crippen molar-refractivity contribution in [2.45, 2.75) is 39.5 Å². The molecule has 0 aliphatic heterocycles. The number of anilines is 1. The molecule has 0 spiro atoms. The van der Waals surface area contributed by atoms with Gasteiger partial charge in [0, 0.05) is 5.92 Å². The monoisotopic (exact) mass is 378 g/mol. The lowest BCUT2D eigenvalue weighted by Crippen LogP contribution is -2.11. The highest BCUT2D eigenvalue weighted by atomic mass is 32.1. The van der Waals surface area contributed by atoms with Crippen LogP contribution in [0.5, 0.6) is 0 Å². The van der Waals surface area contributed by atoms with Crippen molar-refractivity contribution >= 4 is 45.0 Å². The van der Waals surface area contributed by atoms with Gasteiger partial charge in [0.25, 0.3) is 5.91 Å². The Balaban J connectivity index is 1.76. The first-order valence-corrected chi connectivity index (χ1v) is 10.3. The molecule has 0 bridgehead atoms. The Kier molecular flexibility index (Phi) is 5.37. The zero-order valence-corrected chi connectivity index (χ0v) is 16.1. The fourth-order valence-electron chi connectivity index (χ4n) is 2.35. The number of nitrogens with zero attached hydrogens (tertiary/aromatic N) is 3. The summed E-state index contributed by atoms with van der Waals surface area (Å²) in [5, 5.41) is 15.6. The van der Waals surface area contributed by atoms with Gasteiger partial charge in [-0.2, -0.15) is 0 Å². The summed E-state index contributed by atoms with van der Waals surface area (Å²) in [5.74, 6) is 0.240. The summed E-state index contributed by atoms with van der Waals surface area (Å²) in [5.41, 5.74) is 0.741. The molecule has 0 radical (unpaired) electrons. The van der Waals surface area contributed by atoms with Crippen LogP contribution in [-0.4, -0.2) is 21.1 Å². The second kappa shape index (κ2) is 7.50. The Morgan fingerprint density at radius 1 is 1.25 bits per heavy atom. The SMILES string of the molecule is CCC(CC)c1nnc(NC(=O)c2sc(-c3cccs3)nc2C)s1. The van der Waals surface area contributed by atoms with Gasteiger partial charge in [-0.05, 0) is 31.2 Å². The van der Waals surface area contributed by atoms with Crippen molar-refractivity contribution < 1.29 is 4.79 Å². The summed E-state index contributed by atoms with van der Waals surface area (Å²) >= 11 is 4.49. The van der Waals surface area contributed by atoms with Crippen molar-refractivity contribution in [3.63, 3.8) is 0 Å². The summed E-state index contributed by atoms with van der Waals surface area (Å²) in [6.07, 6.45) is 2.05. The molecule has 0 saturated heterocycles. The van der Waals surface area contributed by atoms with Crippen LogP contribution in [0.4, 0.5) is 5.13 Å². The molecule has 1 amide bonds. The van der Waals surface area contributed by atoms with E-state index in [0.29, 0.717) is 15.9 Å². The van der Waals surface area contributed by atoms with Gasteiger partial charge in [0.05, 0.1) is 10.6 Å². The van der Waals surface area contributed by atoms with Crippen molar-refractivity contribution in [2.75, 3.05) is 5.32 Å². The van der Waals surface area contributed by atoms with Crippen LogP contribution in [0, 0.1) is 6.92 Å². The molecule has 24 heavy (non-hydrogen) atoms. The van der Waals surface area contributed by atoms with E-state index >= 15 is 0 Å². The molecular formula is C16H18N4OS3. The molecule has 0 unspecified atom stereocenters. The number of thiazole rings is 1. The third-order valence-corrected chi connectivity index (χ3v) is 6.93. The Bertz CT molecular complexity index is 818. The molecule has 3 aromatic heterocycles. The maximum absolute atomic E-state index is 12.5. The normalized spacial score (nSPS) is 11.2. The van der Waals surface area contributed by atoms with Crippen LogP contribution >= 0.6 is 34.0 Å². The van der Waals surface area contributed by atoms with Gasteiger partial charge in [0.2, 0.25) is 5.13 Å². The lowest BCUT2D eigenvalue weighted by atomic mass is 10.1. The molecule has 3 heterocycles. The second-order valence-corrected chi connectivity index (χ2v) is 8.28. The lowest BCUT2D eigenvalue weighted by Gasteiger charge is -2.05. The summed E-state index contributed by atoms with van der Waals surface area (Å²) in [7, 11) is 0. The fraction of sp³-hybridized carbons (Fsp3) is 0.375. The number of amides is 1. The minimum atomic E-state index is -0.167. The van der Waals surface area contributed by atoms with Crippen LogP contribution in [0.2, 0.25) is 0 Å². The maximum Gasteiger partial charge on any atom is 0.269 e. The summed E-state index contributed by atoms with van der Waals surface area (Å²) < 4.78 is 0. The molecule has 126 valence electrons. The van der Waals surface area contributed by atoms with Gasteiger partial charge in [-0.3, -0.25) is 10.1 Å². The number of aryl methyl sites for hydroxylation is 1. The zero-order valence-electron chi connectivity index (χ0n) is 13.7. The van der Waals surface area contributed by atoms with Crippen LogP contribution in [0.25, 0.3) is 9.88 Å².